The van der Waals surface area contributed by atoms with E-state index in [2.05, 4.69) is 57.7 Å². The van der Waals surface area contributed by atoms with E-state index >= 15 is 0 Å². The van der Waals surface area contributed by atoms with Crippen molar-refractivity contribution in [3.63, 3.8) is 0 Å². The summed E-state index contributed by atoms with van der Waals surface area (Å²) in [5.41, 5.74) is 6.57. The van der Waals surface area contributed by atoms with Gasteiger partial charge in [-0.3, -0.25) is 0 Å². The summed E-state index contributed by atoms with van der Waals surface area (Å²) in [6.45, 7) is 2.09. The highest BCUT2D eigenvalue weighted by Gasteiger charge is 2.16. The molecule has 0 bridgehead atoms. The zero-order valence-electron chi connectivity index (χ0n) is 13.7. The Labute approximate surface area is 160 Å². The predicted octanol–water partition coefficient (Wildman–Crippen LogP) is 6.32. The number of aryl methyl sites for hydroxylation is 1. The first kappa shape index (κ1) is 16.4. The van der Waals surface area contributed by atoms with E-state index in [0.29, 0.717) is 0 Å². The van der Waals surface area contributed by atoms with Crippen molar-refractivity contribution < 1.29 is 0 Å². The predicted molar refractivity (Wildman–Crippen MR) is 107 cm³/mol. The molecule has 0 spiro atoms. The second-order valence-corrected chi connectivity index (χ2v) is 7.43. The molecule has 124 valence electrons. The molecule has 2 heterocycles. The lowest BCUT2D eigenvalue weighted by Gasteiger charge is -2.07. The lowest BCUT2D eigenvalue weighted by Crippen LogP contribution is -1.98. The molecule has 0 unspecified atom stereocenters. The molecule has 0 aliphatic carbocycles. The molecule has 4 heteroatoms. The fourth-order valence-corrected chi connectivity index (χ4v) is 3.97. The molecule has 0 saturated heterocycles. The van der Waals surface area contributed by atoms with Crippen LogP contribution in [0.3, 0.4) is 0 Å². The number of rotatable bonds is 3. The zero-order valence-corrected chi connectivity index (χ0v) is 16.1. The molecule has 0 aliphatic heterocycles. The van der Waals surface area contributed by atoms with E-state index < -0.39 is 0 Å². The highest BCUT2D eigenvalue weighted by molar-refractivity contribution is 9.10. The van der Waals surface area contributed by atoms with E-state index in [4.69, 9.17) is 16.6 Å². The van der Waals surface area contributed by atoms with Gasteiger partial charge in [-0.25, -0.2) is 4.98 Å². The van der Waals surface area contributed by atoms with Gasteiger partial charge in [-0.15, -0.1) is 0 Å². The van der Waals surface area contributed by atoms with Gasteiger partial charge in [0, 0.05) is 23.2 Å². The SMILES string of the molecule is Cc1cc(Br)c2nc(-c3ccccc3)c(Cc3cccc(Cl)c3)n2c1. The van der Waals surface area contributed by atoms with E-state index in [-0.39, 0.29) is 0 Å². The van der Waals surface area contributed by atoms with Crippen molar-refractivity contribution in [2.24, 2.45) is 0 Å². The van der Waals surface area contributed by atoms with Crippen LogP contribution in [0.2, 0.25) is 5.02 Å². The maximum absolute atomic E-state index is 6.18. The van der Waals surface area contributed by atoms with E-state index in [9.17, 15) is 0 Å². The molecule has 0 fully saturated rings. The molecule has 0 saturated carbocycles. The Kier molecular flexibility index (Phi) is 4.36. The molecule has 0 radical (unpaired) electrons. The van der Waals surface area contributed by atoms with Gasteiger partial charge in [-0.1, -0.05) is 54.1 Å². The number of aromatic nitrogens is 2. The summed E-state index contributed by atoms with van der Waals surface area (Å²) in [6.07, 6.45) is 2.90. The van der Waals surface area contributed by atoms with Crippen molar-refractivity contribution in [1.29, 1.82) is 0 Å². The third-order valence-corrected chi connectivity index (χ3v) is 5.04. The first-order valence-corrected chi connectivity index (χ1v) is 9.26. The Hall–Kier alpha value is -2.10. The average Bonchev–Trinajstić information content (AvgIpc) is 2.95. The Morgan fingerprint density at radius 2 is 1.84 bits per heavy atom. The first-order chi connectivity index (χ1) is 12.1. The highest BCUT2D eigenvalue weighted by atomic mass is 79.9. The second kappa shape index (κ2) is 6.66. The smallest absolute Gasteiger partial charge is 0.152 e. The molecule has 2 nitrogen and oxygen atoms in total. The van der Waals surface area contributed by atoms with Gasteiger partial charge in [0.2, 0.25) is 0 Å². The van der Waals surface area contributed by atoms with Crippen molar-refractivity contribution in [2.45, 2.75) is 13.3 Å². The molecule has 25 heavy (non-hydrogen) atoms. The van der Waals surface area contributed by atoms with Crippen molar-refractivity contribution in [2.75, 3.05) is 0 Å². The van der Waals surface area contributed by atoms with Gasteiger partial charge in [0.1, 0.15) is 0 Å². The lowest BCUT2D eigenvalue weighted by molar-refractivity contribution is 1.02. The number of hydrogen-bond acceptors (Lipinski definition) is 1. The second-order valence-electron chi connectivity index (χ2n) is 6.14. The standard InChI is InChI=1S/C21H16BrClN2/c1-14-10-18(22)21-24-20(16-7-3-2-4-8-16)19(25(21)13-14)12-15-6-5-9-17(23)11-15/h2-11,13H,12H2,1H3. The number of pyridine rings is 1. The van der Waals surface area contributed by atoms with Crippen LogP contribution in [0.15, 0.2) is 71.3 Å². The van der Waals surface area contributed by atoms with Gasteiger partial charge in [-0.05, 0) is 52.2 Å². The minimum absolute atomic E-state index is 0.755. The molecule has 4 aromatic rings. The number of halogens is 2. The third-order valence-electron chi connectivity index (χ3n) is 4.22. The number of benzene rings is 2. The average molecular weight is 412 g/mol. The number of imidazole rings is 1. The largest absolute Gasteiger partial charge is 0.302 e. The van der Waals surface area contributed by atoms with E-state index in [1.165, 1.54) is 11.1 Å². The summed E-state index contributed by atoms with van der Waals surface area (Å²) >= 11 is 9.84. The summed E-state index contributed by atoms with van der Waals surface area (Å²) in [7, 11) is 0. The minimum Gasteiger partial charge on any atom is -0.302 e. The highest BCUT2D eigenvalue weighted by Crippen LogP contribution is 2.30. The van der Waals surface area contributed by atoms with Crippen molar-refractivity contribution in [3.05, 3.63) is 93.2 Å². The molecular formula is C21H16BrClN2. The number of hydrogen-bond donors (Lipinski definition) is 0. The normalized spacial score (nSPS) is 11.2. The Morgan fingerprint density at radius 3 is 2.60 bits per heavy atom. The van der Waals surface area contributed by atoms with E-state index in [1.807, 2.05) is 36.4 Å². The van der Waals surface area contributed by atoms with Gasteiger partial charge in [0.15, 0.2) is 5.65 Å². The van der Waals surface area contributed by atoms with Gasteiger partial charge < -0.3 is 4.40 Å². The fourth-order valence-electron chi connectivity index (χ4n) is 3.12. The maximum Gasteiger partial charge on any atom is 0.152 e. The quantitative estimate of drug-likeness (QED) is 0.386. The third kappa shape index (κ3) is 3.22. The molecule has 0 aliphatic rings. The van der Waals surface area contributed by atoms with Crippen LogP contribution in [0.1, 0.15) is 16.8 Å². The van der Waals surface area contributed by atoms with Gasteiger partial charge in [0.05, 0.1) is 15.9 Å². The summed E-state index contributed by atoms with van der Waals surface area (Å²) in [5.74, 6) is 0. The maximum atomic E-state index is 6.18. The van der Waals surface area contributed by atoms with Crippen LogP contribution in [-0.2, 0) is 6.42 Å². The summed E-state index contributed by atoms with van der Waals surface area (Å²) in [6, 6.07) is 20.4. The summed E-state index contributed by atoms with van der Waals surface area (Å²) in [4.78, 5) is 4.93. The Bertz CT molecular complexity index is 1050. The molecular weight excluding hydrogens is 396 g/mol. The van der Waals surface area contributed by atoms with Crippen molar-refractivity contribution in [3.8, 4) is 11.3 Å². The zero-order chi connectivity index (χ0) is 17.4. The van der Waals surface area contributed by atoms with E-state index in [0.717, 1.165) is 38.5 Å². The monoisotopic (exact) mass is 410 g/mol. The first-order valence-electron chi connectivity index (χ1n) is 8.09. The van der Waals surface area contributed by atoms with Crippen LogP contribution in [0.4, 0.5) is 0 Å². The molecule has 2 aromatic carbocycles. The van der Waals surface area contributed by atoms with Gasteiger partial charge >= 0.3 is 0 Å². The Balaban J connectivity index is 1.96. The van der Waals surface area contributed by atoms with Gasteiger partial charge in [-0.2, -0.15) is 0 Å². The number of fused-ring (bicyclic) bond motifs is 1. The fraction of sp³-hybridized carbons (Fsp3) is 0.0952. The van der Waals surface area contributed by atoms with E-state index in [1.54, 1.807) is 0 Å². The molecule has 0 N–H and O–H groups in total. The topological polar surface area (TPSA) is 17.3 Å². The van der Waals surface area contributed by atoms with Gasteiger partial charge in [0.25, 0.3) is 0 Å². The minimum atomic E-state index is 0.755. The lowest BCUT2D eigenvalue weighted by atomic mass is 10.0. The summed E-state index contributed by atoms with van der Waals surface area (Å²) in [5, 5.41) is 0.755. The molecule has 4 rings (SSSR count). The van der Waals surface area contributed by atoms with Crippen LogP contribution in [0.5, 0.6) is 0 Å². The van der Waals surface area contributed by atoms with Crippen LogP contribution >= 0.6 is 27.5 Å². The van der Waals surface area contributed by atoms with Crippen molar-refractivity contribution in [1.82, 2.24) is 9.38 Å². The van der Waals surface area contributed by atoms with Crippen LogP contribution in [0.25, 0.3) is 16.9 Å². The molecule has 0 amide bonds. The van der Waals surface area contributed by atoms with Crippen LogP contribution in [-0.4, -0.2) is 9.38 Å². The Morgan fingerprint density at radius 1 is 1.04 bits per heavy atom. The van der Waals surface area contributed by atoms with Crippen LogP contribution < -0.4 is 0 Å². The molecule has 0 atom stereocenters. The number of nitrogens with zero attached hydrogens (tertiary/aromatic N) is 2. The van der Waals surface area contributed by atoms with Crippen molar-refractivity contribution >= 4 is 33.2 Å². The molecule has 2 aromatic heterocycles. The van der Waals surface area contributed by atoms with Crippen LogP contribution in [0, 0.1) is 6.92 Å². The summed E-state index contributed by atoms with van der Waals surface area (Å²) < 4.78 is 3.19.